The number of hydrogen-bond acceptors (Lipinski definition) is 3. The summed E-state index contributed by atoms with van der Waals surface area (Å²) in [4.78, 5) is 9.72. The molecule has 3 heteroatoms. The van der Waals surface area contributed by atoms with E-state index in [0.717, 1.165) is 45.0 Å². The van der Waals surface area contributed by atoms with Crippen molar-refractivity contribution >= 4 is 10.8 Å². The van der Waals surface area contributed by atoms with Gasteiger partial charge in [0.05, 0.1) is 11.4 Å². The summed E-state index contributed by atoms with van der Waals surface area (Å²) in [7, 11) is 0. The average Bonchev–Trinajstić information content (AvgIpc) is 3.17. The summed E-state index contributed by atoms with van der Waals surface area (Å²) in [5, 5.41) is 2.35. The molecule has 0 spiro atoms. The van der Waals surface area contributed by atoms with Crippen LogP contribution < -0.4 is 4.74 Å². The molecule has 0 N–H and O–H groups in total. The Kier molecular flexibility index (Phi) is 5.90. The Morgan fingerprint density at radius 3 is 1.74 bits per heavy atom. The van der Waals surface area contributed by atoms with Gasteiger partial charge in [-0.3, -0.25) is 9.97 Å². The highest BCUT2D eigenvalue weighted by Gasteiger charge is 2.22. The molecule has 3 nitrogen and oxygen atoms in total. The lowest BCUT2D eigenvalue weighted by atomic mass is 9.93. The van der Waals surface area contributed by atoms with Crippen molar-refractivity contribution in [2.24, 2.45) is 0 Å². The van der Waals surface area contributed by atoms with Crippen molar-refractivity contribution in [3.05, 3.63) is 145 Å². The van der Waals surface area contributed by atoms with Crippen molar-refractivity contribution < 1.29 is 4.74 Å². The fourth-order valence-electron chi connectivity index (χ4n) is 6.21. The largest absolute Gasteiger partial charge is 0.457 e. The summed E-state index contributed by atoms with van der Waals surface area (Å²) in [5.41, 5.74) is 13.6. The van der Waals surface area contributed by atoms with Crippen LogP contribution in [0.2, 0.25) is 0 Å². The zero-order chi connectivity index (χ0) is 28.9. The Labute approximate surface area is 251 Å². The summed E-state index contributed by atoms with van der Waals surface area (Å²) < 4.78 is 6.41. The lowest BCUT2D eigenvalue weighted by Gasteiger charge is -2.14. The van der Waals surface area contributed by atoms with Crippen molar-refractivity contribution in [2.45, 2.75) is 13.8 Å². The molecule has 0 aliphatic heterocycles. The minimum atomic E-state index is 0.762. The second kappa shape index (κ2) is 10.1. The maximum Gasteiger partial charge on any atom is 0.128 e. The third kappa shape index (κ3) is 4.29. The summed E-state index contributed by atoms with van der Waals surface area (Å²) in [5.74, 6) is 1.53. The Hall–Kier alpha value is -5.54. The number of fused-ring (bicyclic) bond motifs is 5. The van der Waals surface area contributed by atoms with Crippen molar-refractivity contribution in [3.63, 3.8) is 0 Å². The normalized spacial score (nSPS) is 11.5. The van der Waals surface area contributed by atoms with E-state index in [-0.39, 0.29) is 0 Å². The second-order valence-electron chi connectivity index (χ2n) is 11.2. The molecule has 8 rings (SSSR count). The molecular weight excluding hydrogens is 524 g/mol. The fourth-order valence-corrected chi connectivity index (χ4v) is 6.21. The van der Waals surface area contributed by atoms with Gasteiger partial charge in [0, 0.05) is 39.9 Å². The van der Waals surface area contributed by atoms with E-state index in [1.165, 1.54) is 44.3 Å². The van der Waals surface area contributed by atoms with E-state index < -0.39 is 0 Å². The van der Waals surface area contributed by atoms with Crippen molar-refractivity contribution in [2.75, 3.05) is 0 Å². The van der Waals surface area contributed by atoms with E-state index in [2.05, 4.69) is 110 Å². The van der Waals surface area contributed by atoms with Crippen LogP contribution in [0.3, 0.4) is 0 Å². The zero-order valence-corrected chi connectivity index (χ0v) is 24.0. The lowest BCUT2D eigenvalue weighted by molar-refractivity contribution is 0.483. The van der Waals surface area contributed by atoms with Gasteiger partial charge in [0.25, 0.3) is 0 Å². The quantitative estimate of drug-likeness (QED) is 0.218. The molecule has 7 aromatic rings. The highest BCUT2D eigenvalue weighted by Crippen LogP contribution is 2.48. The highest BCUT2D eigenvalue weighted by atomic mass is 16.5. The molecule has 43 heavy (non-hydrogen) atoms. The van der Waals surface area contributed by atoms with Gasteiger partial charge >= 0.3 is 0 Å². The first-order valence-electron chi connectivity index (χ1n) is 14.6. The van der Waals surface area contributed by atoms with Gasteiger partial charge in [0.2, 0.25) is 0 Å². The molecule has 0 bridgehead atoms. The first-order chi connectivity index (χ1) is 21.1. The van der Waals surface area contributed by atoms with Gasteiger partial charge in [-0.2, -0.15) is 0 Å². The molecule has 1 aliphatic carbocycles. The van der Waals surface area contributed by atoms with Crippen LogP contribution in [0.1, 0.15) is 11.1 Å². The van der Waals surface area contributed by atoms with E-state index in [0.29, 0.717) is 0 Å². The van der Waals surface area contributed by atoms with Crippen LogP contribution in [-0.4, -0.2) is 9.97 Å². The Bertz CT molecular complexity index is 2150. The fraction of sp³-hybridized carbons (Fsp3) is 0.0500. The van der Waals surface area contributed by atoms with E-state index in [1.54, 1.807) is 0 Å². The number of aromatic nitrogens is 2. The first-order valence-corrected chi connectivity index (χ1v) is 14.6. The van der Waals surface area contributed by atoms with Crippen LogP contribution in [0.5, 0.6) is 11.5 Å². The highest BCUT2D eigenvalue weighted by molar-refractivity contribution is 6.15. The first kappa shape index (κ1) is 25.2. The Morgan fingerprint density at radius 2 is 1.05 bits per heavy atom. The summed E-state index contributed by atoms with van der Waals surface area (Å²) >= 11 is 0. The van der Waals surface area contributed by atoms with E-state index in [4.69, 9.17) is 9.72 Å². The third-order valence-electron chi connectivity index (χ3n) is 8.48. The van der Waals surface area contributed by atoms with Crippen LogP contribution >= 0.6 is 0 Å². The molecule has 204 valence electrons. The molecule has 2 aromatic heterocycles. The van der Waals surface area contributed by atoms with Crippen LogP contribution in [0.15, 0.2) is 134 Å². The Balaban J connectivity index is 1.22. The van der Waals surface area contributed by atoms with Gasteiger partial charge in [0.1, 0.15) is 11.5 Å². The molecule has 0 saturated heterocycles. The Morgan fingerprint density at radius 1 is 0.465 bits per heavy atom. The van der Waals surface area contributed by atoms with E-state index in [9.17, 15) is 0 Å². The number of nitrogens with zero attached hydrogens (tertiary/aromatic N) is 2. The van der Waals surface area contributed by atoms with Gasteiger partial charge in [-0.25, -0.2) is 0 Å². The molecule has 0 amide bonds. The molecule has 2 heterocycles. The van der Waals surface area contributed by atoms with Crippen LogP contribution in [0.4, 0.5) is 0 Å². The molecule has 0 unspecified atom stereocenters. The van der Waals surface area contributed by atoms with Crippen LogP contribution in [-0.2, 0) is 0 Å². The standard InChI is InChI=1S/C40H28N2O/c1-25-20-38(41-23-26(25)2)27-10-7-12-29(21-27)43-30-13-8-11-28(22-30)40-36-19-9-18-35-33-16-5-3-14-31(33)32-15-4-6-17-34(32)37(24-42-40)39(35)36/h3-24H,1-2H3. The maximum absolute atomic E-state index is 6.41. The maximum atomic E-state index is 6.41. The van der Waals surface area contributed by atoms with Gasteiger partial charge < -0.3 is 4.74 Å². The van der Waals surface area contributed by atoms with Crippen LogP contribution in [0.25, 0.3) is 66.7 Å². The summed E-state index contributed by atoms with van der Waals surface area (Å²) in [6.45, 7) is 4.19. The zero-order valence-electron chi connectivity index (χ0n) is 24.0. The number of pyridine rings is 2. The van der Waals surface area contributed by atoms with Gasteiger partial charge in [-0.05, 0) is 83.1 Å². The number of hydrogen-bond donors (Lipinski definition) is 0. The molecule has 0 atom stereocenters. The summed E-state index contributed by atoms with van der Waals surface area (Å²) in [6.07, 6.45) is 3.97. The number of rotatable bonds is 4. The topological polar surface area (TPSA) is 35.0 Å². The predicted octanol–water partition coefficient (Wildman–Crippen LogP) is 10.7. The van der Waals surface area contributed by atoms with E-state index in [1.807, 2.05) is 42.7 Å². The summed E-state index contributed by atoms with van der Waals surface area (Å²) in [6, 6.07) is 42.4. The monoisotopic (exact) mass is 552 g/mol. The van der Waals surface area contributed by atoms with Crippen LogP contribution in [0, 0.1) is 13.8 Å². The minimum Gasteiger partial charge on any atom is -0.457 e. The lowest BCUT2D eigenvalue weighted by Crippen LogP contribution is -1.92. The van der Waals surface area contributed by atoms with Gasteiger partial charge in [0.15, 0.2) is 0 Å². The SMILES string of the molecule is Cc1cnc(-c2cccc(Oc3cccc(-c4ncc5c6c(cccc46)-c4ccccc4-c4ccccc4-5)c3)c2)cc1C. The van der Waals surface area contributed by atoms with Crippen molar-refractivity contribution in [1.82, 2.24) is 9.97 Å². The molecule has 1 aliphatic rings. The molecule has 0 saturated carbocycles. The molecule has 5 aromatic carbocycles. The smallest absolute Gasteiger partial charge is 0.128 e. The molecular formula is C40H28N2O. The number of ether oxygens (including phenoxy) is 1. The predicted molar refractivity (Wildman–Crippen MR) is 176 cm³/mol. The molecule has 0 fully saturated rings. The number of benzene rings is 5. The van der Waals surface area contributed by atoms with Crippen molar-refractivity contribution in [3.8, 4) is 67.4 Å². The number of aryl methyl sites for hydroxylation is 2. The van der Waals surface area contributed by atoms with Crippen molar-refractivity contribution in [1.29, 1.82) is 0 Å². The van der Waals surface area contributed by atoms with Gasteiger partial charge in [-0.15, -0.1) is 0 Å². The minimum absolute atomic E-state index is 0.762. The molecule has 0 radical (unpaired) electrons. The second-order valence-corrected chi connectivity index (χ2v) is 11.2. The third-order valence-corrected chi connectivity index (χ3v) is 8.48. The van der Waals surface area contributed by atoms with E-state index >= 15 is 0 Å². The van der Waals surface area contributed by atoms with Gasteiger partial charge in [-0.1, -0.05) is 91.0 Å². The average molecular weight is 553 g/mol.